The molecule has 0 aliphatic rings. The van der Waals surface area contributed by atoms with Gasteiger partial charge in [-0.15, -0.1) is 0 Å². The number of fused-ring (bicyclic) bond motifs is 1. The van der Waals surface area contributed by atoms with E-state index >= 15 is 0 Å². The second kappa shape index (κ2) is 7.71. The maximum Gasteiger partial charge on any atom is 0.272 e. The maximum absolute atomic E-state index is 12.5. The highest BCUT2D eigenvalue weighted by molar-refractivity contribution is 5.79. The van der Waals surface area contributed by atoms with Crippen LogP contribution in [0.3, 0.4) is 0 Å². The third kappa shape index (κ3) is 4.08. The number of H-pyrrole nitrogens is 1. The molecule has 0 bridgehead atoms. The first kappa shape index (κ1) is 18.6. The zero-order valence-electron chi connectivity index (χ0n) is 16.2. The molecule has 146 valence electrons. The number of amides is 1. The molecule has 0 fully saturated rings. The Morgan fingerprint density at radius 2 is 2.07 bits per heavy atom. The summed E-state index contributed by atoms with van der Waals surface area (Å²) in [5.41, 5.74) is 4.44. The molecular weight excluding hydrogens is 366 g/mol. The second-order valence-corrected chi connectivity index (χ2v) is 7.08. The SMILES string of the molecule is Cc1cccc(CC(=O)NC(C)c2cc(=O)n3[nH]c(-c4cccnc4)cc3n2)c1. The van der Waals surface area contributed by atoms with Crippen LogP contribution in [0.4, 0.5) is 0 Å². The second-order valence-electron chi connectivity index (χ2n) is 7.08. The fraction of sp³-hybridized carbons (Fsp3) is 0.182. The zero-order valence-corrected chi connectivity index (χ0v) is 16.2. The number of carbonyl (C=O) groups excluding carboxylic acids is 1. The van der Waals surface area contributed by atoms with E-state index < -0.39 is 0 Å². The summed E-state index contributed by atoms with van der Waals surface area (Å²) >= 11 is 0. The van der Waals surface area contributed by atoms with E-state index in [1.807, 2.05) is 50.2 Å². The van der Waals surface area contributed by atoms with Crippen LogP contribution >= 0.6 is 0 Å². The predicted molar refractivity (Wildman–Crippen MR) is 110 cm³/mol. The van der Waals surface area contributed by atoms with Gasteiger partial charge in [-0.3, -0.25) is 19.7 Å². The zero-order chi connectivity index (χ0) is 20.4. The number of aromatic nitrogens is 4. The number of nitrogens with one attached hydrogen (secondary N) is 2. The molecule has 0 saturated carbocycles. The van der Waals surface area contributed by atoms with Gasteiger partial charge in [0.15, 0.2) is 5.65 Å². The highest BCUT2D eigenvalue weighted by Gasteiger charge is 2.15. The molecule has 2 N–H and O–H groups in total. The van der Waals surface area contributed by atoms with Crippen molar-refractivity contribution in [3.8, 4) is 11.3 Å². The quantitative estimate of drug-likeness (QED) is 0.551. The fourth-order valence-electron chi connectivity index (χ4n) is 3.28. The molecule has 7 heteroatoms. The Labute approximate surface area is 167 Å². The van der Waals surface area contributed by atoms with Crippen LogP contribution in [-0.2, 0) is 11.2 Å². The number of aromatic amines is 1. The van der Waals surface area contributed by atoms with Crippen LogP contribution in [0.1, 0.15) is 29.8 Å². The van der Waals surface area contributed by atoms with Crippen LogP contribution in [0.2, 0.25) is 0 Å². The molecule has 29 heavy (non-hydrogen) atoms. The monoisotopic (exact) mass is 387 g/mol. The van der Waals surface area contributed by atoms with Crippen molar-refractivity contribution in [3.63, 3.8) is 0 Å². The van der Waals surface area contributed by atoms with Crippen molar-refractivity contribution in [3.05, 3.63) is 88.1 Å². The lowest BCUT2D eigenvalue weighted by Gasteiger charge is -2.13. The third-order valence-electron chi connectivity index (χ3n) is 4.71. The molecule has 3 aromatic heterocycles. The number of benzene rings is 1. The van der Waals surface area contributed by atoms with Crippen LogP contribution in [0.25, 0.3) is 16.9 Å². The van der Waals surface area contributed by atoms with Gasteiger partial charge in [-0.25, -0.2) is 9.50 Å². The number of hydrogen-bond donors (Lipinski definition) is 2. The Morgan fingerprint density at radius 3 is 2.83 bits per heavy atom. The van der Waals surface area contributed by atoms with Crippen molar-refractivity contribution in [1.29, 1.82) is 0 Å². The highest BCUT2D eigenvalue weighted by atomic mass is 16.1. The summed E-state index contributed by atoms with van der Waals surface area (Å²) in [5, 5.41) is 5.96. The number of aryl methyl sites for hydroxylation is 1. The van der Waals surface area contributed by atoms with Gasteiger partial charge in [-0.1, -0.05) is 29.8 Å². The van der Waals surface area contributed by atoms with Crippen molar-refractivity contribution >= 4 is 11.6 Å². The predicted octanol–water partition coefficient (Wildman–Crippen LogP) is 2.81. The van der Waals surface area contributed by atoms with E-state index in [4.69, 9.17) is 0 Å². The number of nitrogens with zero attached hydrogens (tertiary/aromatic N) is 3. The standard InChI is InChI=1S/C22H21N5O2/c1-14-5-3-6-16(9-14)10-21(28)24-15(2)18-12-22(29)27-20(25-18)11-19(26-27)17-7-4-8-23-13-17/h3-9,11-13,15,26H,10H2,1-2H3,(H,24,28). The molecule has 0 aliphatic carbocycles. The molecular formula is C22H21N5O2. The molecule has 1 amide bonds. The van der Waals surface area contributed by atoms with Gasteiger partial charge in [0, 0.05) is 30.1 Å². The maximum atomic E-state index is 12.5. The molecule has 4 rings (SSSR count). The van der Waals surface area contributed by atoms with Crippen molar-refractivity contribution in [2.45, 2.75) is 26.3 Å². The summed E-state index contributed by atoms with van der Waals surface area (Å²) in [6, 6.07) is 14.4. The van der Waals surface area contributed by atoms with Gasteiger partial charge in [0.2, 0.25) is 5.91 Å². The molecule has 1 atom stereocenters. The molecule has 1 unspecified atom stereocenters. The van der Waals surface area contributed by atoms with Gasteiger partial charge >= 0.3 is 0 Å². The van der Waals surface area contributed by atoms with Gasteiger partial charge in [0.05, 0.1) is 23.9 Å². The normalized spacial score (nSPS) is 12.1. The van der Waals surface area contributed by atoms with E-state index in [0.29, 0.717) is 11.3 Å². The molecule has 0 aliphatic heterocycles. The average Bonchev–Trinajstić information content (AvgIpc) is 3.13. The van der Waals surface area contributed by atoms with Gasteiger partial charge in [-0.05, 0) is 31.5 Å². The van der Waals surface area contributed by atoms with Crippen LogP contribution < -0.4 is 10.9 Å². The Kier molecular flexibility index (Phi) is 4.95. The smallest absolute Gasteiger partial charge is 0.272 e. The first-order valence-electron chi connectivity index (χ1n) is 9.37. The van der Waals surface area contributed by atoms with Gasteiger partial charge in [0.1, 0.15) is 0 Å². The summed E-state index contributed by atoms with van der Waals surface area (Å²) in [6.07, 6.45) is 3.68. The first-order chi connectivity index (χ1) is 14.0. The minimum Gasteiger partial charge on any atom is -0.348 e. The summed E-state index contributed by atoms with van der Waals surface area (Å²) in [5.74, 6) is -0.116. The Balaban J connectivity index is 1.55. The molecule has 3 heterocycles. The molecule has 7 nitrogen and oxygen atoms in total. The number of rotatable bonds is 5. The van der Waals surface area contributed by atoms with Crippen LogP contribution in [0, 0.1) is 6.92 Å². The summed E-state index contributed by atoms with van der Waals surface area (Å²) in [4.78, 5) is 33.6. The van der Waals surface area contributed by atoms with Crippen molar-refractivity contribution in [2.75, 3.05) is 0 Å². The van der Waals surface area contributed by atoms with Crippen molar-refractivity contribution < 1.29 is 4.79 Å². The molecule has 4 aromatic rings. The van der Waals surface area contributed by atoms with Gasteiger partial charge < -0.3 is 5.32 Å². The summed E-state index contributed by atoms with van der Waals surface area (Å²) < 4.78 is 1.38. The lowest BCUT2D eigenvalue weighted by molar-refractivity contribution is -0.121. The van der Waals surface area contributed by atoms with Gasteiger partial charge in [0.25, 0.3) is 5.56 Å². The molecule has 0 saturated heterocycles. The summed E-state index contributed by atoms with van der Waals surface area (Å²) in [6.45, 7) is 3.81. The van der Waals surface area contributed by atoms with E-state index in [9.17, 15) is 9.59 Å². The van der Waals surface area contributed by atoms with E-state index in [0.717, 1.165) is 22.4 Å². The molecule has 1 aromatic carbocycles. The summed E-state index contributed by atoms with van der Waals surface area (Å²) in [7, 11) is 0. The van der Waals surface area contributed by atoms with E-state index in [-0.39, 0.29) is 23.9 Å². The van der Waals surface area contributed by atoms with Crippen LogP contribution in [0.15, 0.2) is 65.7 Å². The lowest BCUT2D eigenvalue weighted by Crippen LogP contribution is -2.30. The third-order valence-corrected chi connectivity index (χ3v) is 4.71. The minimum absolute atomic E-state index is 0.116. The van der Waals surface area contributed by atoms with E-state index in [2.05, 4.69) is 20.4 Å². The Hall–Kier alpha value is -3.74. The molecule has 0 radical (unpaired) electrons. The highest BCUT2D eigenvalue weighted by Crippen LogP contribution is 2.18. The number of pyridine rings is 1. The van der Waals surface area contributed by atoms with Crippen molar-refractivity contribution in [2.24, 2.45) is 0 Å². The Morgan fingerprint density at radius 1 is 1.21 bits per heavy atom. The van der Waals surface area contributed by atoms with Gasteiger partial charge in [-0.2, -0.15) is 0 Å². The molecule has 0 spiro atoms. The van der Waals surface area contributed by atoms with E-state index in [1.165, 1.54) is 10.6 Å². The van der Waals surface area contributed by atoms with Crippen LogP contribution in [-0.4, -0.2) is 25.5 Å². The topological polar surface area (TPSA) is 92.2 Å². The van der Waals surface area contributed by atoms with Crippen LogP contribution in [0.5, 0.6) is 0 Å². The average molecular weight is 387 g/mol. The number of carbonyl (C=O) groups is 1. The van der Waals surface area contributed by atoms with E-state index in [1.54, 1.807) is 18.5 Å². The number of hydrogen-bond acceptors (Lipinski definition) is 4. The minimum atomic E-state index is -0.387. The fourth-order valence-corrected chi connectivity index (χ4v) is 3.28. The lowest BCUT2D eigenvalue weighted by atomic mass is 10.1. The van der Waals surface area contributed by atoms with Crippen molar-refractivity contribution in [1.82, 2.24) is 24.9 Å². The largest absolute Gasteiger partial charge is 0.348 e. The Bertz CT molecular complexity index is 1230. The first-order valence-corrected chi connectivity index (χ1v) is 9.37.